The first-order valence-electron chi connectivity index (χ1n) is 10.8. The first-order chi connectivity index (χ1) is 14.8. The molecular weight excluding hydrogens is 418 g/mol. The van der Waals surface area contributed by atoms with Gasteiger partial charge < -0.3 is 20.3 Å². The molecule has 1 aliphatic carbocycles. The highest BCUT2D eigenvalue weighted by Crippen LogP contribution is 2.28. The summed E-state index contributed by atoms with van der Waals surface area (Å²) in [6, 6.07) is 7.11. The maximum Gasteiger partial charge on any atom is 0.252 e. The molecule has 1 aliphatic rings. The number of ether oxygens (including phenoxy) is 1. The van der Waals surface area contributed by atoms with Gasteiger partial charge in [0.1, 0.15) is 0 Å². The van der Waals surface area contributed by atoms with Crippen molar-refractivity contribution in [2.45, 2.75) is 63.7 Å². The maximum absolute atomic E-state index is 12.8. The van der Waals surface area contributed by atoms with Crippen molar-refractivity contribution < 1.29 is 19.7 Å². The molecule has 170 valence electrons. The second-order valence-corrected chi connectivity index (χ2v) is 8.89. The predicted octanol–water partition coefficient (Wildman–Crippen LogP) is 3.33. The van der Waals surface area contributed by atoms with Crippen LogP contribution in [0.3, 0.4) is 0 Å². The Morgan fingerprint density at radius 3 is 2.68 bits per heavy atom. The number of nitrogens with one attached hydrogen (secondary N) is 1. The predicted molar refractivity (Wildman–Crippen MR) is 120 cm³/mol. The van der Waals surface area contributed by atoms with E-state index in [0.29, 0.717) is 35.7 Å². The number of halogens is 1. The van der Waals surface area contributed by atoms with E-state index in [1.807, 2.05) is 19.1 Å². The lowest BCUT2D eigenvalue weighted by Gasteiger charge is -2.26. The normalized spacial score (nSPS) is 17.2. The van der Waals surface area contributed by atoms with E-state index in [0.717, 1.165) is 36.9 Å². The van der Waals surface area contributed by atoms with Crippen LogP contribution in [0.15, 0.2) is 24.3 Å². The molecule has 1 atom stereocenters. The quantitative estimate of drug-likeness (QED) is 0.537. The van der Waals surface area contributed by atoms with Crippen molar-refractivity contribution in [3.05, 3.63) is 40.5 Å². The molecule has 0 unspecified atom stereocenters. The molecule has 31 heavy (non-hydrogen) atoms. The van der Waals surface area contributed by atoms with Crippen molar-refractivity contribution in [3.63, 3.8) is 0 Å². The fraction of sp³-hybridized carbons (Fsp3) is 0.565. The third-order valence-corrected chi connectivity index (χ3v) is 6.17. The van der Waals surface area contributed by atoms with Gasteiger partial charge in [0.05, 0.1) is 41.1 Å². The van der Waals surface area contributed by atoms with Crippen LogP contribution in [0.5, 0.6) is 0 Å². The summed E-state index contributed by atoms with van der Waals surface area (Å²) in [5.74, 6) is -0.309. The van der Waals surface area contributed by atoms with Crippen molar-refractivity contribution in [1.29, 1.82) is 0 Å². The summed E-state index contributed by atoms with van der Waals surface area (Å²) in [7, 11) is 1.54. The van der Waals surface area contributed by atoms with Crippen molar-refractivity contribution >= 4 is 17.5 Å². The zero-order valence-electron chi connectivity index (χ0n) is 18.2. The number of amides is 1. The minimum absolute atomic E-state index is 0.220. The summed E-state index contributed by atoms with van der Waals surface area (Å²) in [5, 5.41) is 28.6. The minimum atomic E-state index is -0.852. The number of benzene rings is 1. The smallest absolute Gasteiger partial charge is 0.252 e. The first-order valence-corrected chi connectivity index (χ1v) is 11.2. The number of carbonyl (C=O) groups excluding carboxylic acids is 1. The van der Waals surface area contributed by atoms with Gasteiger partial charge in [-0.15, -0.1) is 0 Å². The van der Waals surface area contributed by atoms with Crippen LogP contribution >= 0.6 is 11.6 Å². The third-order valence-electron chi connectivity index (χ3n) is 5.84. The van der Waals surface area contributed by atoms with Gasteiger partial charge in [-0.25, -0.2) is 0 Å². The average Bonchev–Trinajstić information content (AvgIpc) is 2.95. The molecule has 2 aromatic rings. The molecule has 1 aromatic carbocycles. The van der Waals surface area contributed by atoms with Crippen molar-refractivity contribution in [2.24, 2.45) is 0 Å². The molecule has 1 heterocycles. The molecule has 0 bridgehead atoms. The van der Waals surface area contributed by atoms with Crippen molar-refractivity contribution in [2.75, 3.05) is 20.3 Å². The molecule has 3 rings (SSSR count). The molecule has 0 spiro atoms. The van der Waals surface area contributed by atoms with E-state index in [2.05, 4.69) is 10.4 Å². The summed E-state index contributed by atoms with van der Waals surface area (Å²) in [6.45, 7) is 2.68. The lowest BCUT2D eigenvalue weighted by Crippen LogP contribution is -2.42. The van der Waals surface area contributed by atoms with Crippen LogP contribution in [0.2, 0.25) is 5.02 Å². The molecule has 0 saturated heterocycles. The highest BCUT2D eigenvalue weighted by atomic mass is 35.5. The number of aromatic nitrogens is 2. The van der Waals surface area contributed by atoms with Gasteiger partial charge in [-0.05, 0) is 38.0 Å². The van der Waals surface area contributed by atoms with Crippen molar-refractivity contribution in [1.82, 2.24) is 15.1 Å². The molecule has 3 N–H and O–H groups in total. The van der Waals surface area contributed by atoms with Gasteiger partial charge in [0.25, 0.3) is 5.91 Å². The fourth-order valence-electron chi connectivity index (χ4n) is 4.04. The molecule has 1 fully saturated rings. The Hall–Kier alpha value is -1.93. The van der Waals surface area contributed by atoms with Gasteiger partial charge in [-0.2, -0.15) is 5.10 Å². The summed E-state index contributed by atoms with van der Waals surface area (Å²) in [6.07, 6.45) is 4.95. The Labute approximate surface area is 188 Å². The van der Waals surface area contributed by atoms with E-state index in [4.69, 9.17) is 16.3 Å². The fourth-order valence-corrected chi connectivity index (χ4v) is 4.25. The van der Waals surface area contributed by atoms with E-state index >= 15 is 0 Å². The number of nitrogens with zero attached hydrogens (tertiary/aromatic N) is 2. The maximum atomic E-state index is 12.8. The summed E-state index contributed by atoms with van der Waals surface area (Å²) in [5.41, 5.74) is 1.83. The van der Waals surface area contributed by atoms with Crippen LogP contribution in [0.25, 0.3) is 11.3 Å². The molecule has 8 heteroatoms. The van der Waals surface area contributed by atoms with Gasteiger partial charge in [-0.3, -0.25) is 9.48 Å². The molecular formula is C23H32ClN3O4. The second kappa shape index (κ2) is 10.6. The lowest BCUT2D eigenvalue weighted by molar-refractivity contribution is 0.0246. The minimum Gasteiger partial charge on any atom is -0.389 e. The Morgan fingerprint density at radius 2 is 2.00 bits per heavy atom. The highest BCUT2D eigenvalue weighted by molar-refractivity contribution is 6.34. The van der Waals surface area contributed by atoms with Gasteiger partial charge in [-0.1, -0.05) is 43.4 Å². The number of hydrogen-bond acceptors (Lipinski definition) is 5. The topological polar surface area (TPSA) is 96.6 Å². The summed E-state index contributed by atoms with van der Waals surface area (Å²) in [4.78, 5) is 12.8. The van der Waals surface area contributed by atoms with Gasteiger partial charge in [0.15, 0.2) is 0 Å². The number of hydrogen-bond donors (Lipinski definition) is 3. The van der Waals surface area contributed by atoms with Crippen LogP contribution in [0, 0.1) is 6.92 Å². The summed E-state index contributed by atoms with van der Waals surface area (Å²) < 4.78 is 6.69. The zero-order valence-corrected chi connectivity index (χ0v) is 19.0. The molecule has 1 aromatic heterocycles. The van der Waals surface area contributed by atoms with Gasteiger partial charge in [0.2, 0.25) is 0 Å². The molecule has 1 amide bonds. The Balaban J connectivity index is 1.73. The van der Waals surface area contributed by atoms with Crippen LogP contribution in [-0.4, -0.2) is 57.9 Å². The Morgan fingerprint density at radius 1 is 1.29 bits per heavy atom. The summed E-state index contributed by atoms with van der Waals surface area (Å²) >= 11 is 6.31. The number of aliphatic hydroxyl groups is 2. The average molecular weight is 450 g/mol. The lowest BCUT2D eigenvalue weighted by atomic mass is 9.94. The van der Waals surface area contributed by atoms with E-state index in [-0.39, 0.29) is 19.1 Å². The Kier molecular flexibility index (Phi) is 8.11. The SMILES string of the molecule is COC[C@H](O)Cn1nc(-c2ccc(Cl)c(C(=O)NCC3(O)CCCCCC3)c2)cc1C. The second-order valence-electron chi connectivity index (χ2n) is 8.48. The van der Waals surface area contributed by atoms with Gasteiger partial charge in [0, 0.05) is 24.9 Å². The van der Waals surface area contributed by atoms with E-state index in [9.17, 15) is 15.0 Å². The largest absolute Gasteiger partial charge is 0.389 e. The standard InChI is InChI=1S/C23H32ClN3O4/c1-16-11-21(26-27(16)13-18(28)14-31-2)17-7-8-20(24)19(12-17)22(29)25-15-23(30)9-5-3-4-6-10-23/h7-8,11-12,18,28,30H,3-6,9-10,13-15H2,1-2H3,(H,25,29)/t18-/m1/s1. The van der Waals surface area contributed by atoms with Gasteiger partial charge >= 0.3 is 0 Å². The van der Waals surface area contributed by atoms with Crippen molar-refractivity contribution in [3.8, 4) is 11.3 Å². The molecule has 7 nitrogen and oxygen atoms in total. The number of methoxy groups -OCH3 is 1. The third kappa shape index (κ3) is 6.29. The Bertz CT molecular complexity index is 891. The van der Waals surface area contributed by atoms with Crippen LogP contribution in [0.4, 0.5) is 0 Å². The van der Waals surface area contributed by atoms with E-state index < -0.39 is 11.7 Å². The van der Waals surface area contributed by atoms with Crippen LogP contribution < -0.4 is 5.32 Å². The number of carbonyl (C=O) groups is 1. The molecule has 1 saturated carbocycles. The molecule has 0 aliphatic heterocycles. The zero-order chi connectivity index (χ0) is 22.4. The number of aryl methyl sites for hydroxylation is 1. The van der Waals surface area contributed by atoms with E-state index in [1.54, 1.807) is 23.9 Å². The monoisotopic (exact) mass is 449 g/mol. The molecule has 0 radical (unpaired) electrons. The van der Waals surface area contributed by atoms with E-state index in [1.165, 1.54) is 0 Å². The van der Waals surface area contributed by atoms with Crippen LogP contribution in [-0.2, 0) is 11.3 Å². The first kappa shape index (κ1) is 23.7. The highest BCUT2D eigenvalue weighted by Gasteiger charge is 2.28. The van der Waals surface area contributed by atoms with Crippen LogP contribution in [0.1, 0.15) is 54.6 Å². The number of aliphatic hydroxyl groups excluding tert-OH is 1. The number of rotatable bonds is 8.